The molecule has 0 aliphatic carbocycles. The van der Waals surface area contributed by atoms with Gasteiger partial charge in [0.15, 0.2) is 0 Å². The van der Waals surface area contributed by atoms with Gasteiger partial charge in [0.1, 0.15) is 5.82 Å². The third-order valence-electron chi connectivity index (χ3n) is 2.29. The van der Waals surface area contributed by atoms with E-state index in [-0.39, 0.29) is 11.9 Å². The van der Waals surface area contributed by atoms with Crippen molar-refractivity contribution < 1.29 is 4.39 Å². The van der Waals surface area contributed by atoms with E-state index in [1.165, 1.54) is 11.6 Å². The molecule has 0 radical (unpaired) electrons. The van der Waals surface area contributed by atoms with Crippen molar-refractivity contribution in [2.75, 3.05) is 5.32 Å². The third-order valence-corrected chi connectivity index (χ3v) is 2.99. The molecule has 0 fully saturated rings. The molecule has 0 saturated heterocycles. The Morgan fingerprint density at radius 1 is 1.27 bits per heavy atom. The summed E-state index contributed by atoms with van der Waals surface area (Å²) >= 11 is 1.65. The molecule has 3 heteroatoms. The van der Waals surface area contributed by atoms with E-state index in [0.717, 1.165) is 0 Å². The van der Waals surface area contributed by atoms with Gasteiger partial charge in [0.25, 0.3) is 0 Å². The van der Waals surface area contributed by atoms with Gasteiger partial charge in [-0.05, 0) is 41.4 Å². The lowest BCUT2D eigenvalue weighted by Gasteiger charge is -2.14. The maximum absolute atomic E-state index is 13.3. The number of anilines is 1. The van der Waals surface area contributed by atoms with Gasteiger partial charge in [0.05, 0.1) is 5.69 Å². The number of halogens is 1. The summed E-state index contributed by atoms with van der Waals surface area (Å²) in [4.78, 5) is 0. The first-order chi connectivity index (χ1) is 7.27. The number of rotatable bonds is 3. The van der Waals surface area contributed by atoms with Crippen LogP contribution in [0.4, 0.5) is 10.1 Å². The highest BCUT2D eigenvalue weighted by molar-refractivity contribution is 7.07. The van der Waals surface area contributed by atoms with E-state index < -0.39 is 0 Å². The molecule has 0 saturated carbocycles. The van der Waals surface area contributed by atoms with Gasteiger partial charge in [-0.25, -0.2) is 4.39 Å². The zero-order valence-corrected chi connectivity index (χ0v) is 9.22. The number of benzene rings is 1. The summed E-state index contributed by atoms with van der Waals surface area (Å²) in [5.74, 6) is -0.209. The highest BCUT2D eigenvalue weighted by Crippen LogP contribution is 2.22. The molecular weight excluding hydrogens is 209 g/mol. The Morgan fingerprint density at radius 3 is 2.73 bits per heavy atom. The minimum atomic E-state index is -0.209. The summed E-state index contributed by atoms with van der Waals surface area (Å²) in [6.45, 7) is 2.02. The molecular formula is C12H12FNS. The fraction of sp³-hybridized carbons (Fsp3) is 0.167. The van der Waals surface area contributed by atoms with Crippen molar-refractivity contribution in [3.8, 4) is 0 Å². The molecule has 2 rings (SSSR count). The number of hydrogen-bond donors (Lipinski definition) is 1. The monoisotopic (exact) mass is 221 g/mol. The lowest BCUT2D eigenvalue weighted by molar-refractivity contribution is 0.627. The lowest BCUT2D eigenvalue weighted by Crippen LogP contribution is -2.06. The van der Waals surface area contributed by atoms with Crippen LogP contribution in [0.2, 0.25) is 0 Å². The van der Waals surface area contributed by atoms with Crippen LogP contribution in [0.1, 0.15) is 18.5 Å². The smallest absolute Gasteiger partial charge is 0.146 e. The fourth-order valence-corrected chi connectivity index (χ4v) is 2.17. The van der Waals surface area contributed by atoms with Crippen molar-refractivity contribution in [1.29, 1.82) is 0 Å². The number of para-hydroxylation sites is 1. The highest BCUT2D eigenvalue weighted by atomic mass is 32.1. The second-order valence-corrected chi connectivity index (χ2v) is 4.18. The molecule has 1 N–H and O–H groups in total. The molecule has 0 spiro atoms. The molecule has 1 unspecified atom stereocenters. The van der Waals surface area contributed by atoms with Crippen molar-refractivity contribution in [3.63, 3.8) is 0 Å². The molecule has 78 valence electrons. The number of nitrogens with one attached hydrogen (secondary N) is 1. The average molecular weight is 221 g/mol. The molecule has 1 atom stereocenters. The fourth-order valence-electron chi connectivity index (χ4n) is 1.42. The molecule has 1 nitrogen and oxygen atoms in total. The molecule has 1 aromatic heterocycles. The zero-order valence-electron chi connectivity index (χ0n) is 8.41. The molecule has 2 aromatic rings. The van der Waals surface area contributed by atoms with Gasteiger partial charge < -0.3 is 5.32 Å². The Bertz CT molecular complexity index is 425. The summed E-state index contributed by atoms with van der Waals surface area (Å²) in [7, 11) is 0. The standard InChI is InChI=1S/C12H12FNS/c1-9(10-6-7-15-8-10)14-12-5-3-2-4-11(12)13/h2-9,14H,1H3. The summed E-state index contributed by atoms with van der Waals surface area (Å²) < 4.78 is 13.3. The van der Waals surface area contributed by atoms with Crippen LogP contribution >= 0.6 is 11.3 Å². The first-order valence-electron chi connectivity index (χ1n) is 4.80. The molecule has 15 heavy (non-hydrogen) atoms. The van der Waals surface area contributed by atoms with Crippen LogP contribution in [0, 0.1) is 5.82 Å². The third kappa shape index (κ3) is 2.36. The van der Waals surface area contributed by atoms with Gasteiger partial charge >= 0.3 is 0 Å². The van der Waals surface area contributed by atoms with E-state index in [1.54, 1.807) is 23.5 Å². The summed E-state index contributed by atoms with van der Waals surface area (Å²) in [6.07, 6.45) is 0. The van der Waals surface area contributed by atoms with Crippen molar-refractivity contribution in [2.24, 2.45) is 0 Å². The minimum Gasteiger partial charge on any atom is -0.376 e. The van der Waals surface area contributed by atoms with Crippen LogP contribution < -0.4 is 5.32 Å². The molecule has 1 aromatic carbocycles. The summed E-state index contributed by atoms with van der Waals surface area (Å²) in [6, 6.07) is 8.90. The Labute approximate surface area is 92.6 Å². The van der Waals surface area contributed by atoms with Crippen molar-refractivity contribution in [3.05, 3.63) is 52.5 Å². The van der Waals surface area contributed by atoms with Crippen LogP contribution in [0.3, 0.4) is 0 Å². The second-order valence-electron chi connectivity index (χ2n) is 3.40. The topological polar surface area (TPSA) is 12.0 Å². The van der Waals surface area contributed by atoms with E-state index in [4.69, 9.17) is 0 Å². The Hall–Kier alpha value is -1.35. The highest BCUT2D eigenvalue weighted by Gasteiger charge is 2.07. The van der Waals surface area contributed by atoms with E-state index in [0.29, 0.717) is 5.69 Å². The van der Waals surface area contributed by atoms with Crippen LogP contribution in [0.25, 0.3) is 0 Å². The lowest BCUT2D eigenvalue weighted by atomic mass is 10.1. The van der Waals surface area contributed by atoms with Gasteiger partial charge in [-0.1, -0.05) is 12.1 Å². The Kier molecular flexibility index (Phi) is 3.02. The zero-order chi connectivity index (χ0) is 10.7. The largest absolute Gasteiger partial charge is 0.376 e. The average Bonchev–Trinajstić information content (AvgIpc) is 2.74. The van der Waals surface area contributed by atoms with Crippen LogP contribution in [-0.2, 0) is 0 Å². The van der Waals surface area contributed by atoms with Crippen molar-refractivity contribution in [1.82, 2.24) is 0 Å². The molecule has 0 amide bonds. The van der Waals surface area contributed by atoms with Crippen LogP contribution in [0.15, 0.2) is 41.1 Å². The van der Waals surface area contributed by atoms with Crippen molar-refractivity contribution in [2.45, 2.75) is 13.0 Å². The predicted octanol–water partition coefficient (Wildman–Crippen LogP) is 4.06. The molecule has 0 aliphatic rings. The van der Waals surface area contributed by atoms with E-state index >= 15 is 0 Å². The first kappa shape index (κ1) is 10.2. The molecule has 1 heterocycles. The molecule has 0 aliphatic heterocycles. The van der Waals surface area contributed by atoms with Crippen LogP contribution in [-0.4, -0.2) is 0 Å². The summed E-state index contributed by atoms with van der Waals surface area (Å²) in [5, 5.41) is 7.23. The van der Waals surface area contributed by atoms with Gasteiger partial charge in [0.2, 0.25) is 0 Å². The van der Waals surface area contributed by atoms with Crippen LogP contribution in [0.5, 0.6) is 0 Å². The predicted molar refractivity (Wildman–Crippen MR) is 62.8 cm³/mol. The maximum Gasteiger partial charge on any atom is 0.146 e. The Morgan fingerprint density at radius 2 is 2.07 bits per heavy atom. The van der Waals surface area contributed by atoms with E-state index in [2.05, 4.69) is 10.7 Å². The maximum atomic E-state index is 13.3. The SMILES string of the molecule is CC(Nc1ccccc1F)c1ccsc1. The molecule has 0 bridgehead atoms. The quantitative estimate of drug-likeness (QED) is 0.824. The number of thiophene rings is 1. The van der Waals surface area contributed by atoms with Crippen molar-refractivity contribution >= 4 is 17.0 Å². The first-order valence-corrected chi connectivity index (χ1v) is 5.75. The van der Waals surface area contributed by atoms with Gasteiger partial charge in [-0.2, -0.15) is 11.3 Å². The second kappa shape index (κ2) is 4.45. The van der Waals surface area contributed by atoms with E-state index in [1.807, 2.05) is 24.4 Å². The Balaban J connectivity index is 2.13. The van der Waals surface area contributed by atoms with Gasteiger partial charge in [-0.15, -0.1) is 0 Å². The minimum absolute atomic E-state index is 0.133. The van der Waals surface area contributed by atoms with Gasteiger partial charge in [0, 0.05) is 6.04 Å². The van der Waals surface area contributed by atoms with Gasteiger partial charge in [-0.3, -0.25) is 0 Å². The normalized spacial score (nSPS) is 12.4. The van der Waals surface area contributed by atoms with E-state index in [9.17, 15) is 4.39 Å². The summed E-state index contributed by atoms with van der Waals surface area (Å²) in [5.41, 5.74) is 1.74. The number of hydrogen-bond acceptors (Lipinski definition) is 2.